The van der Waals surface area contributed by atoms with E-state index in [-0.39, 0.29) is 17.9 Å². The van der Waals surface area contributed by atoms with Gasteiger partial charge in [-0.05, 0) is 32.5 Å². The highest BCUT2D eigenvalue weighted by atomic mass is 19.1. The number of esters is 1. The van der Waals surface area contributed by atoms with Gasteiger partial charge >= 0.3 is 5.97 Å². The van der Waals surface area contributed by atoms with E-state index < -0.39 is 6.17 Å². The van der Waals surface area contributed by atoms with Crippen molar-refractivity contribution in [3.63, 3.8) is 0 Å². The standard InChI is InChI=1S/C18H28FN5O2/c1-22(2)18-20-7-4-16(21-18)24-11-14(19)10-15(24)12-23(3)8-5-13-6-9-26-17(13)25/h4,7,13-15H,5-6,8-12H2,1-3H3/t13-,14+,15+/m1/s1. The summed E-state index contributed by atoms with van der Waals surface area (Å²) in [5, 5.41) is 0. The molecule has 0 aliphatic carbocycles. The number of cyclic esters (lactones) is 1. The zero-order valence-corrected chi connectivity index (χ0v) is 15.8. The molecule has 0 radical (unpaired) electrons. The topological polar surface area (TPSA) is 61.8 Å². The van der Waals surface area contributed by atoms with Gasteiger partial charge in [0.2, 0.25) is 5.95 Å². The average Bonchev–Trinajstić information content (AvgIpc) is 3.18. The summed E-state index contributed by atoms with van der Waals surface area (Å²) in [6, 6.07) is 1.91. The maximum absolute atomic E-state index is 14.1. The van der Waals surface area contributed by atoms with Crippen molar-refractivity contribution in [3.05, 3.63) is 12.3 Å². The van der Waals surface area contributed by atoms with Crippen LogP contribution in [0.2, 0.25) is 0 Å². The Hall–Kier alpha value is -1.96. The number of anilines is 2. The molecular weight excluding hydrogens is 337 g/mol. The van der Waals surface area contributed by atoms with Crippen molar-refractivity contribution < 1.29 is 13.9 Å². The second-order valence-corrected chi connectivity index (χ2v) is 7.45. The van der Waals surface area contributed by atoms with E-state index in [1.807, 2.05) is 37.0 Å². The summed E-state index contributed by atoms with van der Waals surface area (Å²) in [5.41, 5.74) is 0. The number of hydrogen-bond acceptors (Lipinski definition) is 7. The van der Waals surface area contributed by atoms with E-state index in [1.54, 1.807) is 6.20 Å². The van der Waals surface area contributed by atoms with Gasteiger partial charge in [0.1, 0.15) is 12.0 Å². The lowest BCUT2D eigenvalue weighted by molar-refractivity contribution is -0.141. The molecule has 3 heterocycles. The lowest BCUT2D eigenvalue weighted by Gasteiger charge is -2.29. The monoisotopic (exact) mass is 365 g/mol. The maximum Gasteiger partial charge on any atom is 0.309 e. The third-order valence-electron chi connectivity index (χ3n) is 5.11. The van der Waals surface area contributed by atoms with Crippen molar-refractivity contribution in [1.82, 2.24) is 14.9 Å². The van der Waals surface area contributed by atoms with Gasteiger partial charge in [-0.1, -0.05) is 0 Å². The fourth-order valence-corrected chi connectivity index (χ4v) is 3.65. The molecule has 0 bridgehead atoms. The van der Waals surface area contributed by atoms with E-state index in [4.69, 9.17) is 4.74 Å². The summed E-state index contributed by atoms with van der Waals surface area (Å²) in [6.07, 6.45) is 2.96. The molecule has 0 unspecified atom stereocenters. The molecule has 2 aliphatic heterocycles. The van der Waals surface area contributed by atoms with Crippen LogP contribution in [-0.4, -0.2) is 80.4 Å². The normalized spacial score (nSPS) is 25.8. The average molecular weight is 365 g/mol. The Balaban J connectivity index is 1.60. The molecule has 2 fully saturated rings. The highest BCUT2D eigenvalue weighted by molar-refractivity contribution is 5.74. The zero-order valence-electron chi connectivity index (χ0n) is 15.8. The first-order valence-electron chi connectivity index (χ1n) is 9.20. The Morgan fingerprint density at radius 1 is 1.38 bits per heavy atom. The molecule has 3 rings (SSSR count). The number of carbonyl (C=O) groups excluding carboxylic acids is 1. The van der Waals surface area contributed by atoms with Crippen molar-refractivity contribution in [3.8, 4) is 0 Å². The molecule has 0 spiro atoms. The molecule has 144 valence electrons. The van der Waals surface area contributed by atoms with E-state index >= 15 is 0 Å². The fraction of sp³-hybridized carbons (Fsp3) is 0.722. The van der Waals surface area contributed by atoms with E-state index in [0.29, 0.717) is 25.5 Å². The second-order valence-electron chi connectivity index (χ2n) is 7.45. The Labute approximate surface area is 154 Å². The van der Waals surface area contributed by atoms with Gasteiger partial charge in [0.15, 0.2) is 0 Å². The highest BCUT2D eigenvalue weighted by Gasteiger charge is 2.34. The van der Waals surface area contributed by atoms with Crippen molar-refractivity contribution in [2.75, 3.05) is 57.2 Å². The van der Waals surface area contributed by atoms with E-state index in [1.165, 1.54) is 0 Å². The number of halogens is 1. The number of ether oxygens (including phenoxy) is 1. The molecular formula is C18H28FN5O2. The predicted octanol–water partition coefficient (Wildman–Crippen LogP) is 1.34. The fourth-order valence-electron chi connectivity index (χ4n) is 3.65. The van der Waals surface area contributed by atoms with Gasteiger partial charge in [0, 0.05) is 39.3 Å². The van der Waals surface area contributed by atoms with Crippen LogP contribution in [-0.2, 0) is 9.53 Å². The smallest absolute Gasteiger partial charge is 0.309 e. The molecule has 0 saturated carbocycles. The first-order chi connectivity index (χ1) is 12.4. The van der Waals surface area contributed by atoms with Crippen LogP contribution in [0.3, 0.4) is 0 Å². The molecule has 26 heavy (non-hydrogen) atoms. The van der Waals surface area contributed by atoms with Gasteiger partial charge in [-0.3, -0.25) is 4.79 Å². The van der Waals surface area contributed by atoms with Crippen LogP contribution < -0.4 is 9.80 Å². The van der Waals surface area contributed by atoms with Crippen LogP contribution in [0.4, 0.5) is 16.2 Å². The first kappa shape index (κ1) is 18.8. The molecule has 2 saturated heterocycles. The van der Waals surface area contributed by atoms with Gasteiger partial charge in [-0.15, -0.1) is 0 Å². The SMILES string of the molecule is CN(CC[C@@H]1CCOC1=O)C[C@@H]1C[C@H](F)CN1c1ccnc(N(C)C)n1. The number of hydrogen-bond donors (Lipinski definition) is 0. The number of likely N-dealkylation sites (N-methyl/N-ethyl adjacent to an activating group) is 1. The molecule has 0 N–H and O–H groups in total. The van der Waals surface area contributed by atoms with Crippen molar-refractivity contribution in [1.29, 1.82) is 0 Å². The third kappa shape index (κ3) is 4.41. The van der Waals surface area contributed by atoms with Crippen LogP contribution >= 0.6 is 0 Å². The summed E-state index contributed by atoms with van der Waals surface area (Å²) in [7, 11) is 5.80. The summed E-state index contributed by atoms with van der Waals surface area (Å²) in [6.45, 7) is 2.43. The van der Waals surface area contributed by atoms with Gasteiger partial charge in [-0.2, -0.15) is 4.98 Å². The maximum atomic E-state index is 14.1. The number of carbonyl (C=O) groups is 1. The van der Waals surface area contributed by atoms with Gasteiger partial charge in [-0.25, -0.2) is 9.37 Å². The summed E-state index contributed by atoms with van der Waals surface area (Å²) >= 11 is 0. The zero-order chi connectivity index (χ0) is 18.7. The molecule has 3 atom stereocenters. The molecule has 0 amide bonds. The molecule has 0 aromatic carbocycles. The summed E-state index contributed by atoms with van der Waals surface area (Å²) < 4.78 is 19.1. The van der Waals surface area contributed by atoms with Crippen molar-refractivity contribution >= 4 is 17.7 Å². The minimum absolute atomic E-state index is 0.00979. The summed E-state index contributed by atoms with van der Waals surface area (Å²) in [4.78, 5) is 26.4. The number of nitrogens with zero attached hydrogens (tertiary/aromatic N) is 5. The number of aromatic nitrogens is 2. The summed E-state index contributed by atoms with van der Waals surface area (Å²) in [5.74, 6) is 1.32. The van der Waals surface area contributed by atoms with Crippen LogP contribution in [0, 0.1) is 5.92 Å². The minimum atomic E-state index is -0.851. The van der Waals surface area contributed by atoms with E-state index in [2.05, 4.69) is 14.9 Å². The minimum Gasteiger partial charge on any atom is -0.465 e. The first-order valence-corrected chi connectivity index (χ1v) is 9.20. The van der Waals surface area contributed by atoms with Crippen LogP contribution in [0.5, 0.6) is 0 Å². The van der Waals surface area contributed by atoms with E-state index in [9.17, 15) is 9.18 Å². The van der Waals surface area contributed by atoms with Gasteiger partial charge in [0.05, 0.1) is 19.1 Å². The number of alkyl halides is 1. The van der Waals surface area contributed by atoms with Crippen molar-refractivity contribution in [2.24, 2.45) is 5.92 Å². The molecule has 8 heteroatoms. The Morgan fingerprint density at radius 3 is 2.88 bits per heavy atom. The van der Waals surface area contributed by atoms with Gasteiger partial charge in [0.25, 0.3) is 0 Å². The molecule has 1 aromatic heterocycles. The quantitative estimate of drug-likeness (QED) is 0.676. The Morgan fingerprint density at radius 2 is 2.19 bits per heavy atom. The van der Waals surface area contributed by atoms with Gasteiger partial charge < -0.3 is 19.4 Å². The van der Waals surface area contributed by atoms with Crippen LogP contribution in [0.15, 0.2) is 12.3 Å². The second kappa shape index (κ2) is 8.16. The third-order valence-corrected chi connectivity index (χ3v) is 5.11. The van der Waals surface area contributed by atoms with Crippen LogP contribution in [0.25, 0.3) is 0 Å². The molecule has 1 aromatic rings. The lowest BCUT2D eigenvalue weighted by Crippen LogP contribution is -2.40. The Kier molecular flexibility index (Phi) is 5.90. The predicted molar refractivity (Wildman–Crippen MR) is 98.2 cm³/mol. The van der Waals surface area contributed by atoms with E-state index in [0.717, 1.165) is 31.7 Å². The molecule has 2 aliphatic rings. The lowest BCUT2D eigenvalue weighted by atomic mass is 10.0. The molecule has 7 nitrogen and oxygen atoms in total. The Bertz CT molecular complexity index is 629. The number of rotatable bonds is 7. The highest BCUT2D eigenvalue weighted by Crippen LogP contribution is 2.27. The largest absolute Gasteiger partial charge is 0.465 e. The van der Waals surface area contributed by atoms with Crippen LogP contribution in [0.1, 0.15) is 19.3 Å². The van der Waals surface area contributed by atoms with Crippen molar-refractivity contribution in [2.45, 2.75) is 31.5 Å².